The molecule has 5 nitrogen and oxygen atoms in total. The Kier molecular flexibility index (Phi) is 4.29. The highest BCUT2D eigenvalue weighted by molar-refractivity contribution is 6.03. The fourth-order valence-corrected chi connectivity index (χ4v) is 2.99. The number of nitrogens with one attached hydrogen (secondary N) is 1. The summed E-state index contributed by atoms with van der Waals surface area (Å²) in [5.41, 5.74) is 1.58. The van der Waals surface area contributed by atoms with Gasteiger partial charge in [0, 0.05) is 18.3 Å². The molecule has 0 unspecified atom stereocenters. The van der Waals surface area contributed by atoms with Gasteiger partial charge in [0.1, 0.15) is 6.04 Å². The van der Waals surface area contributed by atoms with Gasteiger partial charge in [-0.05, 0) is 23.6 Å². The highest BCUT2D eigenvalue weighted by atomic mass is 19.1. The van der Waals surface area contributed by atoms with Crippen molar-refractivity contribution in [1.29, 1.82) is 0 Å². The first-order valence-corrected chi connectivity index (χ1v) is 7.78. The van der Waals surface area contributed by atoms with Crippen molar-refractivity contribution in [2.75, 3.05) is 5.32 Å². The summed E-state index contributed by atoms with van der Waals surface area (Å²) >= 11 is 0. The molecular formula is C18H18FN3O2. The van der Waals surface area contributed by atoms with Crippen molar-refractivity contribution in [1.82, 2.24) is 9.88 Å². The highest BCUT2D eigenvalue weighted by Crippen LogP contribution is 2.27. The molecule has 1 aliphatic rings. The lowest BCUT2D eigenvalue weighted by Gasteiger charge is -2.29. The third-order valence-electron chi connectivity index (χ3n) is 4.12. The number of aromatic nitrogens is 1. The van der Waals surface area contributed by atoms with E-state index in [9.17, 15) is 14.0 Å². The molecule has 124 valence electrons. The van der Waals surface area contributed by atoms with Crippen molar-refractivity contribution in [3.8, 4) is 0 Å². The van der Waals surface area contributed by atoms with E-state index in [0.717, 1.165) is 11.8 Å². The molecule has 2 heterocycles. The fraction of sp³-hybridized carbons (Fsp3) is 0.278. The molecule has 0 saturated heterocycles. The quantitative estimate of drug-likeness (QED) is 0.939. The fourth-order valence-electron chi connectivity index (χ4n) is 2.99. The van der Waals surface area contributed by atoms with Crippen LogP contribution in [0.3, 0.4) is 0 Å². The summed E-state index contributed by atoms with van der Waals surface area (Å²) in [4.78, 5) is 30.5. The van der Waals surface area contributed by atoms with Crippen LogP contribution in [0.5, 0.6) is 0 Å². The average molecular weight is 327 g/mol. The first-order valence-electron chi connectivity index (χ1n) is 7.78. The van der Waals surface area contributed by atoms with Gasteiger partial charge < -0.3 is 10.2 Å². The van der Waals surface area contributed by atoms with Gasteiger partial charge in [-0.2, -0.15) is 0 Å². The average Bonchev–Trinajstić information content (AvgIpc) is 2.87. The molecule has 0 fully saturated rings. The van der Waals surface area contributed by atoms with Crippen LogP contribution in [0, 0.1) is 11.7 Å². The summed E-state index contributed by atoms with van der Waals surface area (Å²) in [5.74, 6) is -1.30. The number of anilines is 1. The molecule has 1 aliphatic heterocycles. The van der Waals surface area contributed by atoms with E-state index in [1.165, 1.54) is 12.3 Å². The van der Waals surface area contributed by atoms with Gasteiger partial charge in [0.25, 0.3) is 5.91 Å². The summed E-state index contributed by atoms with van der Waals surface area (Å²) in [7, 11) is 0. The minimum absolute atomic E-state index is 0.0600. The normalized spacial score (nSPS) is 14.7. The van der Waals surface area contributed by atoms with Crippen molar-refractivity contribution >= 4 is 17.5 Å². The van der Waals surface area contributed by atoms with Gasteiger partial charge in [0.05, 0.1) is 11.9 Å². The van der Waals surface area contributed by atoms with E-state index >= 15 is 0 Å². The van der Waals surface area contributed by atoms with E-state index in [0.29, 0.717) is 12.1 Å². The lowest BCUT2D eigenvalue weighted by molar-refractivity contribution is -0.122. The van der Waals surface area contributed by atoms with Crippen molar-refractivity contribution in [3.05, 3.63) is 59.7 Å². The molecule has 2 amide bonds. The molecule has 24 heavy (non-hydrogen) atoms. The largest absolute Gasteiger partial charge is 0.322 e. The van der Waals surface area contributed by atoms with Crippen molar-refractivity contribution < 1.29 is 14.0 Å². The Balaban J connectivity index is 1.85. The zero-order chi connectivity index (χ0) is 17.3. The Morgan fingerprint density at radius 1 is 1.29 bits per heavy atom. The third-order valence-corrected chi connectivity index (χ3v) is 4.12. The monoisotopic (exact) mass is 327 g/mol. The first-order chi connectivity index (χ1) is 11.5. The lowest BCUT2D eigenvalue weighted by Crippen LogP contribution is -2.47. The minimum Gasteiger partial charge on any atom is -0.322 e. The molecule has 6 heteroatoms. The van der Waals surface area contributed by atoms with Crippen molar-refractivity contribution in [2.45, 2.75) is 26.4 Å². The molecule has 0 bridgehead atoms. The maximum absolute atomic E-state index is 13.7. The van der Waals surface area contributed by atoms with E-state index < -0.39 is 17.8 Å². The summed E-state index contributed by atoms with van der Waals surface area (Å²) in [5, 5.41) is 2.57. The number of hydrogen-bond acceptors (Lipinski definition) is 3. The molecule has 1 aromatic heterocycles. The predicted molar refractivity (Wildman–Crippen MR) is 87.8 cm³/mol. The summed E-state index contributed by atoms with van der Waals surface area (Å²) < 4.78 is 13.7. The van der Waals surface area contributed by atoms with Gasteiger partial charge >= 0.3 is 0 Å². The molecular weight excluding hydrogens is 309 g/mol. The molecule has 0 saturated carbocycles. The van der Waals surface area contributed by atoms with Gasteiger partial charge in [0.15, 0.2) is 5.82 Å². The van der Waals surface area contributed by atoms with Crippen LogP contribution in [0.15, 0.2) is 42.7 Å². The molecule has 0 spiro atoms. The van der Waals surface area contributed by atoms with Gasteiger partial charge in [0.2, 0.25) is 5.91 Å². The number of carbonyl (C=O) groups excluding carboxylic acids is 2. The van der Waals surface area contributed by atoms with Gasteiger partial charge in [-0.1, -0.05) is 32.0 Å². The molecule has 2 aromatic rings. The molecule has 1 aromatic carbocycles. The second-order valence-electron chi connectivity index (χ2n) is 6.12. The van der Waals surface area contributed by atoms with Crippen LogP contribution < -0.4 is 5.32 Å². The second-order valence-corrected chi connectivity index (χ2v) is 6.12. The number of rotatable bonds is 4. The maximum atomic E-state index is 13.7. The standard InChI is InChI=1S/C18H18FN3O2/c1-11(2)16(17(23)21-15-7-8-20-9-14(15)19)22-10-12-5-3-4-6-13(12)18(22)24/h3-9,11,16H,10H2,1-2H3,(H,20,21,23)/t16-/m1/s1. The number of hydrogen-bond donors (Lipinski definition) is 1. The zero-order valence-corrected chi connectivity index (χ0v) is 13.5. The van der Waals surface area contributed by atoms with Crippen LogP contribution in [0.1, 0.15) is 29.8 Å². The zero-order valence-electron chi connectivity index (χ0n) is 13.5. The number of pyridine rings is 1. The van der Waals surface area contributed by atoms with Crippen molar-refractivity contribution in [2.24, 2.45) is 5.92 Å². The summed E-state index contributed by atoms with van der Waals surface area (Å²) in [6, 6.07) is 8.02. The Bertz CT molecular complexity index is 791. The van der Waals surface area contributed by atoms with Crippen LogP contribution in [-0.4, -0.2) is 27.7 Å². The molecule has 0 aliphatic carbocycles. The van der Waals surface area contributed by atoms with Gasteiger partial charge in [-0.3, -0.25) is 14.6 Å². The SMILES string of the molecule is CC(C)[C@H](C(=O)Nc1ccncc1F)N1Cc2ccccc2C1=O. The van der Waals surface area contributed by atoms with Gasteiger partial charge in [-0.15, -0.1) is 0 Å². The Morgan fingerprint density at radius 3 is 2.71 bits per heavy atom. The minimum atomic E-state index is -0.683. The number of benzene rings is 1. The van der Waals surface area contributed by atoms with Crippen LogP contribution in [-0.2, 0) is 11.3 Å². The molecule has 1 N–H and O–H groups in total. The number of fused-ring (bicyclic) bond motifs is 1. The van der Waals surface area contributed by atoms with Crippen LogP contribution in [0.4, 0.5) is 10.1 Å². The smallest absolute Gasteiger partial charge is 0.255 e. The topological polar surface area (TPSA) is 62.3 Å². The van der Waals surface area contributed by atoms with E-state index in [4.69, 9.17) is 0 Å². The number of halogens is 1. The third kappa shape index (κ3) is 2.87. The van der Waals surface area contributed by atoms with E-state index in [1.807, 2.05) is 26.0 Å². The number of carbonyl (C=O) groups is 2. The summed E-state index contributed by atoms with van der Waals surface area (Å²) in [6.45, 7) is 4.11. The molecule has 1 atom stereocenters. The lowest BCUT2D eigenvalue weighted by atomic mass is 10.0. The van der Waals surface area contributed by atoms with Crippen LogP contribution in [0.2, 0.25) is 0 Å². The first kappa shape index (κ1) is 16.1. The van der Waals surface area contributed by atoms with Gasteiger partial charge in [-0.25, -0.2) is 4.39 Å². The van der Waals surface area contributed by atoms with E-state index in [2.05, 4.69) is 10.3 Å². The molecule has 3 rings (SSSR count). The van der Waals surface area contributed by atoms with E-state index in [1.54, 1.807) is 17.0 Å². The highest BCUT2D eigenvalue weighted by Gasteiger charge is 2.38. The number of nitrogens with zero attached hydrogens (tertiary/aromatic N) is 2. The van der Waals surface area contributed by atoms with E-state index in [-0.39, 0.29) is 17.5 Å². The van der Waals surface area contributed by atoms with Crippen molar-refractivity contribution in [3.63, 3.8) is 0 Å². The Labute approximate surface area is 139 Å². The maximum Gasteiger partial charge on any atom is 0.255 e. The second kappa shape index (κ2) is 6.39. The Hall–Kier alpha value is -2.76. The van der Waals surface area contributed by atoms with Crippen LogP contribution in [0.25, 0.3) is 0 Å². The number of amides is 2. The summed E-state index contributed by atoms with van der Waals surface area (Å²) in [6.07, 6.45) is 2.44. The Morgan fingerprint density at radius 2 is 2.04 bits per heavy atom. The molecule has 0 radical (unpaired) electrons. The van der Waals surface area contributed by atoms with Crippen LogP contribution >= 0.6 is 0 Å². The predicted octanol–water partition coefficient (Wildman–Crippen LogP) is 2.84.